The first-order chi connectivity index (χ1) is 9.95. The maximum Gasteiger partial charge on any atom is 0.328 e. The average Bonchev–Trinajstić information content (AvgIpc) is 2.43. The van der Waals surface area contributed by atoms with E-state index in [0.29, 0.717) is 26.0 Å². The number of carboxylic acids is 1. The quantitative estimate of drug-likeness (QED) is 0.694. The van der Waals surface area contributed by atoms with E-state index in [4.69, 9.17) is 9.84 Å². The second-order valence-corrected chi connectivity index (χ2v) is 5.75. The normalized spacial score (nSPS) is 10.8. The molecular formula is C15H9Br2FO3. The van der Waals surface area contributed by atoms with E-state index in [9.17, 15) is 9.18 Å². The lowest BCUT2D eigenvalue weighted by Crippen LogP contribution is -1.89. The van der Waals surface area contributed by atoms with Crippen LogP contribution in [0.3, 0.4) is 0 Å². The topological polar surface area (TPSA) is 46.5 Å². The zero-order chi connectivity index (χ0) is 15.4. The molecule has 0 spiro atoms. The third-order valence-electron chi connectivity index (χ3n) is 2.49. The molecule has 0 aliphatic carbocycles. The largest absolute Gasteiger partial charge is 0.478 e. The minimum Gasteiger partial charge on any atom is -0.478 e. The van der Waals surface area contributed by atoms with Crippen LogP contribution in [0.15, 0.2) is 51.4 Å². The zero-order valence-electron chi connectivity index (χ0n) is 10.5. The van der Waals surface area contributed by atoms with E-state index in [1.807, 2.05) is 0 Å². The molecule has 0 amide bonds. The lowest BCUT2D eigenvalue weighted by molar-refractivity contribution is -0.131. The van der Waals surface area contributed by atoms with E-state index in [-0.39, 0.29) is 0 Å². The fourth-order valence-electron chi connectivity index (χ4n) is 1.54. The van der Waals surface area contributed by atoms with Gasteiger partial charge in [-0.1, -0.05) is 6.07 Å². The van der Waals surface area contributed by atoms with Gasteiger partial charge in [0.2, 0.25) is 0 Å². The van der Waals surface area contributed by atoms with Gasteiger partial charge in [-0.3, -0.25) is 0 Å². The number of benzene rings is 2. The highest BCUT2D eigenvalue weighted by Crippen LogP contribution is 2.32. The number of rotatable bonds is 4. The fourth-order valence-corrected chi connectivity index (χ4v) is 2.26. The molecule has 0 unspecified atom stereocenters. The van der Waals surface area contributed by atoms with Gasteiger partial charge in [0.15, 0.2) is 0 Å². The minimum atomic E-state index is -1.02. The van der Waals surface area contributed by atoms with Gasteiger partial charge < -0.3 is 9.84 Å². The molecule has 0 atom stereocenters. The standard InChI is InChI=1S/C15H9Br2FO3/c16-11-4-3-10(8-13(11)18)21-14-5-1-9(7-12(14)17)2-6-15(19)20/h1-8H,(H,19,20)/b6-2+. The van der Waals surface area contributed by atoms with Gasteiger partial charge in [-0.2, -0.15) is 0 Å². The van der Waals surface area contributed by atoms with Crippen molar-refractivity contribution in [1.29, 1.82) is 0 Å². The molecule has 2 aromatic carbocycles. The highest BCUT2D eigenvalue weighted by Gasteiger charge is 2.06. The Morgan fingerprint density at radius 1 is 1.14 bits per heavy atom. The summed E-state index contributed by atoms with van der Waals surface area (Å²) < 4.78 is 20.0. The van der Waals surface area contributed by atoms with Crippen LogP contribution in [0.1, 0.15) is 5.56 Å². The fraction of sp³-hybridized carbons (Fsp3) is 0. The lowest BCUT2D eigenvalue weighted by atomic mass is 10.2. The molecule has 6 heteroatoms. The van der Waals surface area contributed by atoms with Crippen molar-refractivity contribution in [3.63, 3.8) is 0 Å². The molecular weight excluding hydrogens is 407 g/mol. The third-order valence-corrected chi connectivity index (χ3v) is 3.76. The van der Waals surface area contributed by atoms with Crippen LogP contribution in [-0.2, 0) is 4.79 Å². The summed E-state index contributed by atoms with van der Waals surface area (Å²) in [7, 11) is 0. The Morgan fingerprint density at radius 2 is 1.90 bits per heavy atom. The second-order valence-electron chi connectivity index (χ2n) is 4.04. The summed E-state index contributed by atoms with van der Waals surface area (Å²) >= 11 is 6.41. The Bertz CT molecular complexity index is 714. The predicted molar refractivity (Wildman–Crippen MR) is 85.0 cm³/mol. The molecule has 0 saturated heterocycles. The molecule has 2 aromatic rings. The summed E-state index contributed by atoms with van der Waals surface area (Å²) in [5.41, 5.74) is 0.707. The first-order valence-corrected chi connectivity index (χ1v) is 7.38. The van der Waals surface area contributed by atoms with Crippen molar-refractivity contribution in [2.24, 2.45) is 0 Å². The summed E-state index contributed by atoms with van der Waals surface area (Å²) in [5, 5.41) is 8.58. The number of hydrogen-bond acceptors (Lipinski definition) is 2. The molecule has 0 bridgehead atoms. The summed E-state index contributed by atoms with van der Waals surface area (Å²) in [4.78, 5) is 10.5. The number of carboxylic acid groups (broad SMARTS) is 1. The number of carbonyl (C=O) groups is 1. The first-order valence-electron chi connectivity index (χ1n) is 5.79. The van der Waals surface area contributed by atoms with Crippen LogP contribution in [0.2, 0.25) is 0 Å². The van der Waals surface area contributed by atoms with Crippen molar-refractivity contribution >= 4 is 43.9 Å². The maximum absolute atomic E-state index is 13.4. The van der Waals surface area contributed by atoms with E-state index in [1.165, 1.54) is 12.1 Å². The number of ether oxygens (including phenoxy) is 1. The third kappa shape index (κ3) is 4.41. The molecule has 3 nitrogen and oxygen atoms in total. The van der Waals surface area contributed by atoms with Crippen molar-refractivity contribution in [1.82, 2.24) is 0 Å². The van der Waals surface area contributed by atoms with Crippen LogP contribution in [0.5, 0.6) is 11.5 Å². The van der Waals surface area contributed by atoms with Gasteiger partial charge in [0.1, 0.15) is 17.3 Å². The van der Waals surface area contributed by atoms with Gasteiger partial charge in [0, 0.05) is 12.1 Å². The van der Waals surface area contributed by atoms with Crippen molar-refractivity contribution in [2.75, 3.05) is 0 Å². The van der Waals surface area contributed by atoms with E-state index in [2.05, 4.69) is 31.9 Å². The molecule has 1 N–H and O–H groups in total. The Morgan fingerprint density at radius 3 is 2.52 bits per heavy atom. The van der Waals surface area contributed by atoms with E-state index < -0.39 is 11.8 Å². The summed E-state index contributed by atoms with van der Waals surface area (Å²) in [5.74, 6) is -0.559. The van der Waals surface area contributed by atoms with Gasteiger partial charge in [-0.25, -0.2) is 9.18 Å². The Kier molecular flexibility index (Phi) is 5.14. The summed E-state index contributed by atoms with van der Waals surface area (Å²) in [6.07, 6.45) is 2.52. The molecule has 0 aliphatic rings. The molecule has 0 aromatic heterocycles. The number of aliphatic carboxylic acids is 1. The smallest absolute Gasteiger partial charge is 0.328 e. The molecule has 2 rings (SSSR count). The SMILES string of the molecule is O=C(O)/C=C/c1ccc(Oc2ccc(Br)c(F)c2)c(Br)c1. The molecule has 21 heavy (non-hydrogen) atoms. The molecule has 108 valence electrons. The van der Waals surface area contributed by atoms with Crippen molar-refractivity contribution in [2.45, 2.75) is 0 Å². The predicted octanol–water partition coefficient (Wildman–Crippen LogP) is 5.24. The first kappa shape index (κ1) is 15.7. The lowest BCUT2D eigenvalue weighted by Gasteiger charge is -2.09. The van der Waals surface area contributed by atoms with Gasteiger partial charge in [-0.05, 0) is 67.8 Å². The minimum absolute atomic E-state index is 0.364. The van der Waals surface area contributed by atoms with Crippen molar-refractivity contribution in [3.8, 4) is 11.5 Å². The van der Waals surface area contributed by atoms with E-state index in [1.54, 1.807) is 30.3 Å². The monoisotopic (exact) mass is 414 g/mol. The number of halogens is 3. The molecule has 0 heterocycles. The average molecular weight is 416 g/mol. The molecule has 0 radical (unpaired) electrons. The van der Waals surface area contributed by atoms with Crippen LogP contribution in [-0.4, -0.2) is 11.1 Å². The van der Waals surface area contributed by atoms with Gasteiger partial charge in [0.25, 0.3) is 0 Å². The van der Waals surface area contributed by atoms with E-state index in [0.717, 1.165) is 6.08 Å². The maximum atomic E-state index is 13.4. The number of hydrogen-bond donors (Lipinski definition) is 1. The van der Waals surface area contributed by atoms with Crippen molar-refractivity contribution < 1.29 is 19.0 Å². The highest BCUT2D eigenvalue weighted by molar-refractivity contribution is 9.10. The second kappa shape index (κ2) is 6.87. The van der Waals surface area contributed by atoms with E-state index >= 15 is 0 Å². The van der Waals surface area contributed by atoms with Gasteiger partial charge >= 0.3 is 5.97 Å². The summed E-state index contributed by atoms with van der Waals surface area (Å²) in [6.45, 7) is 0. The van der Waals surface area contributed by atoms with Crippen molar-refractivity contribution in [3.05, 3.63) is 62.8 Å². The molecule has 0 aliphatic heterocycles. The van der Waals surface area contributed by atoms with Crippen LogP contribution in [0, 0.1) is 5.82 Å². The van der Waals surface area contributed by atoms with Crippen LogP contribution in [0.25, 0.3) is 6.08 Å². The van der Waals surface area contributed by atoms with Gasteiger partial charge in [0.05, 0.1) is 8.95 Å². The zero-order valence-corrected chi connectivity index (χ0v) is 13.7. The van der Waals surface area contributed by atoms with Crippen LogP contribution in [0.4, 0.5) is 4.39 Å². The highest BCUT2D eigenvalue weighted by atomic mass is 79.9. The van der Waals surface area contributed by atoms with Crippen LogP contribution < -0.4 is 4.74 Å². The molecule has 0 saturated carbocycles. The van der Waals surface area contributed by atoms with Gasteiger partial charge in [-0.15, -0.1) is 0 Å². The Hall–Kier alpha value is -1.66. The molecule has 0 fully saturated rings. The van der Waals surface area contributed by atoms with Crippen LogP contribution >= 0.6 is 31.9 Å². The Balaban J connectivity index is 2.21. The summed E-state index contributed by atoms with van der Waals surface area (Å²) in [6, 6.07) is 9.55. The Labute approximate surface area is 137 Å².